The molecule has 0 atom stereocenters. The molecule has 0 saturated carbocycles. The van der Waals surface area contributed by atoms with Crippen LogP contribution in [0.25, 0.3) is 11.8 Å². The second-order valence-corrected chi connectivity index (χ2v) is 10.6. The van der Waals surface area contributed by atoms with Crippen LogP contribution in [0.3, 0.4) is 0 Å². The molecule has 0 radical (unpaired) electrons. The van der Waals surface area contributed by atoms with Gasteiger partial charge in [-0.1, -0.05) is 23.2 Å². The Morgan fingerprint density at radius 1 is 1.06 bits per heavy atom. The van der Waals surface area contributed by atoms with Crippen LogP contribution in [0.2, 0.25) is 10.0 Å². The number of aromatic nitrogens is 1. The molecule has 1 saturated heterocycles. The van der Waals surface area contributed by atoms with Crippen molar-refractivity contribution in [1.29, 1.82) is 0 Å². The van der Waals surface area contributed by atoms with Gasteiger partial charge in [0.15, 0.2) is 0 Å². The van der Waals surface area contributed by atoms with E-state index in [1.54, 1.807) is 30.3 Å². The van der Waals surface area contributed by atoms with Gasteiger partial charge in [-0.2, -0.15) is 0 Å². The van der Waals surface area contributed by atoms with Crippen molar-refractivity contribution in [2.75, 3.05) is 11.9 Å². The van der Waals surface area contributed by atoms with Gasteiger partial charge >= 0.3 is 0 Å². The fourth-order valence-corrected chi connectivity index (χ4v) is 5.09. The average Bonchev–Trinajstić information content (AvgIpc) is 3.21. The number of carbonyl (C=O) groups excluding carboxylic acids is 3. The molecule has 1 N–H and O–H groups in total. The molecule has 1 fully saturated rings. The van der Waals surface area contributed by atoms with E-state index in [9.17, 15) is 14.4 Å². The molecule has 34 heavy (non-hydrogen) atoms. The molecule has 174 valence electrons. The van der Waals surface area contributed by atoms with E-state index in [-0.39, 0.29) is 11.4 Å². The normalized spacial score (nSPS) is 14.9. The number of imide groups is 1. The Morgan fingerprint density at radius 3 is 2.44 bits per heavy atom. The highest BCUT2D eigenvalue weighted by Crippen LogP contribution is 2.34. The molecule has 0 aliphatic carbocycles. The summed E-state index contributed by atoms with van der Waals surface area (Å²) in [6, 6.07) is 14.5. The molecule has 0 bridgehead atoms. The van der Waals surface area contributed by atoms with Gasteiger partial charge in [0, 0.05) is 26.3 Å². The second kappa shape index (κ2) is 10.2. The number of benzene rings is 2. The lowest BCUT2D eigenvalue weighted by Gasteiger charge is -2.12. The largest absolute Gasteiger partial charge is 0.325 e. The van der Waals surface area contributed by atoms with Gasteiger partial charge in [-0.05, 0) is 108 Å². The molecule has 4 rings (SSSR count). The summed E-state index contributed by atoms with van der Waals surface area (Å²) in [5.41, 5.74) is 4.03. The van der Waals surface area contributed by atoms with E-state index >= 15 is 0 Å². The molecule has 3 aromatic rings. The smallest absolute Gasteiger partial charge is 0.294 e. The Morgan fingerprint density at radius 2 is 1.76 bits per heavy atom. The van der Waals surface area contributed by atoms with Crippen molar-refractivity contribution in [3.63, 3.8) is 0 Å². The lowest BCUT2D eigenvalue weighted by molar-refractivity contribution is -0.127. The average molecular weight is 626 g/mol. The molecule has 6 nitrogen and oxygen atoms in total. The molecule has 2 heterocycles. The molecule has 10 heteroatoms. The van der Waals surface area contributed by atoms with Crippen LogP contribution in [0, 0.1) is 17.4 Å². The minimum atomic E-state index is -0.493. The number of carbonyl (C=O) groups is 3. The Bertz CT molecular complexity index is 1350. The fraction of sp³-hybridized carbons (Fsp3) is 0.125. The molecule has 0 spiro atoms. The highest BCUT2D eigenvalue weighted by Gasteiger charge is 2.36. The van der Waals surface area contributed by atoms with Gasteiger partial charge in [-0.25, -0.2) is 0 Å². The molecule has 0 unspecified atom stereocenters. The van der Waals surface area contributed by atoms with Gasteiger partial charge in [-0.3, -0.25) is 19.3 Å². The number of nitrogens with one attached hydrogen (secondary N) is 1. The van der Waals surface area contributed by atoms with Crippen LogP contribution in [0.5, 0.6) is 0 Å². The predicted octanol–water partition coefficient (Wildman–Crippen LogP) is 6.68. The van der Waals surface area contributed by atoms with E-state index in [1.165, 1.54) is 0 Å². The van der Waals surface area contributed by atoms with Crippen LogP contribution in [-0.4, -0.2) is 33.1 Å². The van der Waals surface area contributed by atoms with Crippen molar-refractivity contribution >= 4 is 86.4 Å². The van der Waals surface area contributed by atoms with Crippen LogP contribution in [-0.2, 0) is 9.59 Å². The first-order chi connectivity index (χ1) is 16.1. The molecule has 3 amide bonds. The number of aryl methyl sites for hydroxylation is 1. The van der Waals surface area contributed by atoms with Gasteiger partial charge in [0.1, 0.15) is 6.54 Å². The van der Waals surface area contributed by atoms with E-state index in [1.807, 2.05) is 42.7 Å². The zero-order valence-electron chi connectivity index (χ0n) is 18.1. The van der Waals surface area contributed by atoms with Crippen molar-refractivity contribution in [1.82, 2.24) is 9.47 Å². The van der Waals surface area contributed by atoms with Gasteiger partial charge in [0.2, 0.25) is 5.91 Å². The first kappa shape index (κ1) is 24.8. The van der Waals surface area contributed by atoms with Crippen molar-refractivity contribution in [2.45, 2.75) is 13.8 Å². The number of thioether (sulfide) groups is 1. The zero-order valence-corrected chi connectivity index (χ0v) is 22.6. The van der Waals surface area contributed by atoms with E-state index in [0.29, 0.717) is 15.7 Å². The molecular formula is C24H18Cl2IN3O3S. The molecule has 1 aliphatic rings. The first-order valence-corrected chi connectivity index (χ1v) is 12.7. The third kappa shape index (κ3) is 5.19. The highest BCUT2D eigenvalue weighted by molar-refractivity contribution is 14.1. The van der Waals surface area contributed by atoms with Crippen molar-refractivity contribution in [3.8, 4) is 5.69 Å². The first-order valence-electron chi connectivity index (χ1n) is 10.1. The SMILES string of the molecule is Cc1cc(/C=C2\SC(=O)N(CC(=O)Nc3ccc(I)cc3)C2=O)c(C)n1-c1ccc(Cl)c(Cl)c1. The third-order valence-electron chi connectivity index (χ3n) is 5.22. The standard InChI is InChI=1S/C24H18Cl2IN3O3S/c1-13-9-15(14(2)30(13)18-7-8-19(25)20(26)11-18)10-21-23(32)29(24(33)34-21)12-22(31)28-17-5-3-16(27)4-6-17/h3-11H,12H2,1-2H3,(H,28,31)/b21-10-. The van der Waals surface area contributed by atoms with Gasteiger partial charge in [0.05, 0.1) is 15.0 Å². The lowest BCUT2D eigenvalue weighted by Crippen LogP contribution is -2.36. The van der Waals surface area contributed by atoms with Crippen molar-refractivity contribution in [2.24, 2.45) is 0 Å². The summed E-state index contributed by atoms with van der Waals surface area (Å²) in [6.07, 6.45) is 1.68. The number of hydrogen-bond acceptors (Lipinski definition) is 4. The zero-order chi connectivity index (χ0) is 24.6. The summed E-state index contributed by atoms with van der Waals surface area (Å²) < 4.78 is 3.03. The van der Waals surface area contributed by atoms with Crippen LogP contribution >= 0.6 is 57.6 Å². The second-order valence-electron chi connectivity index (χ2n) is 7.58. The summed E-state index contributed by atoms with van der Waals surface area (Å²) in [6.45, 7) is 3.50. The highest BCUT2D eigenvalue weighted by atomic mass is 127. The minimum Gasteiger partial charge on any atom is -0.325 e. The predicted molar refractivity (Wildman–Crippen MR) is 146 cm³/mol. The lowest BCUT2D eigenvalue weighted by atomic mass is 10.2. The quantitative estimate of drug-likeness (QED) is 0.254. The number of anilines is 1. The number of rotatable bonds is 5. The molecular weight excluding hydrogens is 608 g/mol. The van der Waals surface area contributed by atoms with Crippen LogP contribution < -0.4 is 5.32 Å². The molecule has 2 aromatic carbocycles. The van der Waals surface area contributed by atoms with Crippen LogP contribution in [0.1, 0.15) is 17.0 Å². The number of hydrogen-bond donors (Lipinski definition) is 1. The number of halogens is 3. The summed E-state index contributed by atoms with van der Waals surface area (Å²) >= 11 is 15.2. The summed E-state index contributed by atoms with van der Waals surface area (Å²) in [5, 5.41) is 3.14. The Hall–Kier alpha value is -2.27. The maximum Gasteiger partial charge on any atom is 0.294 e. The van der Waals surface area contributed by atoms with E-state index in [2.05, 4.69) is 27.9 Å². The maximum atomic E-state index is 12.9. The van der Waals surface area contributed by atoms with Gasteiger partial charge < -0.3 is 9.88 Å². The third-order valence-corrected chi connectivity index (χ3v) is 7.59. The van der Waals surface area contributed by atoms with Crippen molar-refractivity contribution in [3.05, 3.63) is 84.0 Å². The Labute approximate surface area is 224 Å². The van der Waals surface area contributed by atoms with Crippen LogP contribution in [0.15, 0.2) is 53.4 Å². The molecule has 1 aliphatic heterocycles. The summed E-state index contributed by atoms with van der Waals surface area (Å²) in [7, 11) is 0. The Balaban J connectivity index is 1.53. The molecule has 1 aromatic heterocycles. The summed E-state index contributed by atoms with van der Waals surface area (Å²) in [4.78, 5) is 39.0. The number of amides is 3. The van der Waals surface area contributed by atoms with E-state index in [4.69, 9.17) is 23.2 Å². The maximum absolute atomic E-state index is 12.9. The van der Waals surface area contributed by atoms with Gasteiger partial charge in [0.25, 0.3) is 11.1 Å². The van der Waals surface area contributed by atoms with Crippen molar-refractivity contribution < 1.29 is 14.4 Å². The van der Waals surface area contributed by atoms with Gasteiger partial charge in [-0.15, -0.1) is 0 Å². The van der Waals surface area contributed by atoms with E-state index < -0.39 is 17.1 Å². The van der Waals surface area contributed by atoms with E-state index in [0.717, 1.165) is 42.9 Å². The number of nitrogens with zero attached hydrogens (tertiary/aromatic N) is 2. The minimum absolute atomic E-state index is 0.265. The Kier molecular flexibility index (Phi) is 7.42. The van der Waals surface area contributed by atoms with Crippen LogP contribution in [0.4, 0.5) is 10.5 Å². The topological polar surface area (TPSA) is 71.4 Å². The summed E-state index contributed by atoms with van der Waals surface area (Å²) in [5.74, 6) is -0.936. The monoisotopic (exact) mass is 625 g/mol. The fourth-order valence-electron chi connectivity index (χ4n) is 3.61.